The van der Waals surface area contributed by atoms with Crippen LogP contribution in [0.25, 0.3) is 0 Å². The van der Waals surface area contributed by atoms with E-state index < -0.39 is 0 Å². The van der Waals surface area contributed by atoms with Crippen molar-refractivity contribution in [2.45, 2.75) is 59.0 Å². The third-order valence-electron chi connectivity index (χ3n) is 6.35. The Hall–Kier alpha value is -0.0400. The zero-order valence-electron chi connectivity index (χ0n) is 11.2. The lowest BCUT2D eigenvalue weighted by Gasteiger charge is -2.36. The van der Waals surface area contributed by atoms with Gasteiger partial charge in [-0.05, 0) is 67.6 Å². The minimum absolute atomic E-state index is 0.351. The van der Waals surface area contributed by atoms with Crippen molar-refractivity contribution in [3.63, 3.8) is 0 Å². The maximum atomic E-state index is 10.5. The van der Waals surface area contributed by atoms with Crippen LogP contribution in [0.15, 0.2) is 0 Å². The molecule has 92 valence electrons. The molecule has 16 heavy (non-hydrogen) atoms. The second-order valence-corrected chi connectivity index (χ2v) is 7.36. The van der Waals surface area contributed by atoms with E-state index in [-0.39, 0.29) is 5.60 Å². The van der Waals surface area contributed by atoms with Gasteiger partial charge >= 0.3 is 0 Å². The quantitative estimate of drug-likeness (QED) is 0.720. The fourth-order valence-corrected chi connectivity index (χ4v) is 5.57. The highest BCUT2D eigenvalue weighted by molar-refractivity contribution is 5.26. The molecule has 0 aliphatic heterocycles. The maximum absolute atomic E-state index is 10.5. The Morgan fingerprint density at radius 3 is 2.50 bits per heavy atom. The lowest BCUT2D eigenvalue weighted by atomic mass is 9.69. The van der Waals surface area contributed by atoms with Crippen molar-refractivity contribution in [2.75, 3.05) is 0 Å². The highest BCUT2D eigenvalue weighted by Crippen LogP contribution is 2.80. The minimum Gasteiger partial charge on any atom is -0.390 e. The molecule has 0 amide bonds. The predicted octanol–water partition coefficient (Wildman–Crippen LogP) is 3.47. The Labute approximate surface area is 99.6 Å². The second-order valence-electron chi connectivity index (χ2n) is 7.36. The molecule has 0 saturated heterocycles. The number of rotatable bonds is 1. The standard InChI is InChI=1S/C15H26O/c1-9(2)11-6-5-10(3)15-8-7-14(4,16)13(15)12(11)15/h9-13,16H,5-8H2,1-4H3/t10-,11+,12-,13-,14+,15+/m1/s1. The average molecular weight is 222 g/mol. The number of fused-ring (bicyclic) bond motifs is 1. The van der Waals surface area contributed by atoms with Gasteiger partial charge in [-0.25, -0.2) is 0 Å². The molecule has 0 heterocycles. The first-order chi connectivity index (χ1) is 7.41. The summed E-state index contributed by atoms with van der Waals surface area (Å²) < 4.78 is 0. The molecule has 1 nitrogen and oxygen atoms in total. The molecule has 3 aliphatic carbocycles. The van der Waals surface area contributed by atoms with Crippen LogP contribution in [0.4, 0.5) is 0 Å². The second kappa shape index (κ2) is 3.04. The summed E-state index contributed by atoms with van der Waals surface area (Å²) in [6, 6.07) is 0. The molecule has 0 aromatic rings. The summed E-state index contributed by atoms with van der Waals surface area (Å²) in [7, 11) is 0. The van der Waals surface area contributed by atoms with Crippen LogP contribution in [0.2, 0.25) is 0 Å². The summed E-state index contributed by atoms with van der Waals surface area (Å²) in [5.74, 6) is 4.01. The third-order valence-corrected chi connectivity index (χ3v) is 6.35. The molecule has 6 atom stereocenters. The first-order valence-electron chi connectivity index (χ1n) is 7.13. The van der Waals surface area contributed by atoms with Gasteiger partial charge in [0.15, 0.2) is 0 Å². The number of hydrogen-bond acceptors (Lipinski definition) is 1. The molecule has 0 unspecified atom stereocenters. The smallest absolute Gasteiger partial charge is 0.0656 e. The lowest BCUT2D eigenvalue weighted by Crippen LogP contribution is -2.30. The largest absolute Gasteiger partial charge is 0.390 e. The van der Waals surface area contributed by atoms with Crippen molar-refractivity contribution < 1.29 is 5.11 Å². The summed E-state index contributed by atoms with van der Waals surface area (Å²) in [4.78, 5) is 0. The molecule has 3 saturated carbocycles. The van der Waals surface area contributed by atoms with E-state index in [4.69, 9.17) is 0 Å². The summed E-state index contributed by atoms with van der Waals surface area (Å²) >= 11 is 0. The van der Waals surface area contributed by atoms with Crippen LogP contribution in [0.5, 0.6) is 0 Å². The van der Waals surface area contributed by atoms with E-state index in [0.29, 0.717) is 11.3 Å². The van der Waals surface area contributed by atoms with Gasteiger partial charge < -0.3 is 5.11 Å². The third kappa shape index (κ3) is 1.11. The topological polar surface area (TPSA) is 20.2 Å². The van der Waals surface area contributed by atoms with Crippen molar-refractivity contribution in [3.8, 4) is 0 Å². The molecule has 0 radical (unpaired) electrons. The summed E-state index contributed by atoms with van der Waals surface area (Å²) in [6.07, 6.45) is 5.13. The molecule has 1 spiro atoms. The SMILES string of the molecule is CC(C)[C@@H]1CC[C@@H](C)[C@]23CC[C@](C)(O)[C@H]2[C@@H]13. The lowest BCUT2D eigenvalue weighted by molar-refractivity contribution is 0.0291. The summed E-state index contributed by atoms with van der Waals surface area (Å²) in [5.41, 5.74) is 0.201. The van der Waals surface area contributed by atoms with E-state index in [9.17, 15) is 5.11 Å². The van der Waals surface area contributed by atoms with Gasteiger partial charge in [0.25, 0.3) is 0 Å². The van der Waals surface area contributed by atoms with Gasteiger partial charge in [0, 0.05) is 0 Å². The van der Waals surface area contributed by atoms with Gasteiger partial charge in [0.2, 0.25) is 0 Å². The molecule has 1 N–H and O–H groups in total. The Bertz CT molecular complexity index is 307. The number of hydrogen-bond donors (Lipinski definition) is 1. The zero-order valence-corrected chi connectivity index (χ0v) is 11.2. The monoisotopic (exact) mass is 222 g/mol. The van der Waals surface area contributed by atoms with Crippen LogP contribution in [0.3, 0.4) is 0 Å². The Morgan fingerprint density at radius 2 is 1.88 bits per heavy atom. The maximum Gasteiger partial charge on any atom is 0.0656 e. The minimum atomic E-state index is -0.351. The Morgan fingerprint density at radius 1 is 1.19 bits per heavy atom. The van der Waals surface area contributed by atoms with Gasteiger partial charge in [-0.3, -0.25) is 0 Å². The van der Waals surface area contributed by atoms with Crippen LogP contribution in [-0.4, -0.2) is 10.7 Å². The summed E-state index contributed by atoms with van der Waals surface area (Å²) in [5, 5.41) is 10.5. The van der Waals surface area contributed by atoms with Crippen molar-refractivity contribution in [3.05, 3.63) is 0 Å². The van der Waals surface area contributed by atoms with Gasteiger partial charge in [0.1, 0.15) is 0 Å². The molecular formula is C15H26O. The van der Waals surface area contributed by atoms with E-state index in [1.807, 2.05) is 0 Å². The van der Waals surface area contributed by atoms with Crippen LogP contribution in [0.1, 0.15) is 53.4 Å². The van der Waals surface area contributed by atoms with Crippen LogP contribution >= 0.6 is 0 Å². The normalized spacial score (nSPS) is 59.6. The molecule has 3 fully saturated rings. The molecule has 3 rings (SSSR count). The molecule has 0 aromatic carbocycles. The average Bonchev–Trinajstić information content (AvgIpc) is 2.79. The van der Waals surface area contributed by atoms with Gasteiger partial charge in [-0.1, -0.05) is 20.8 Å². The highest BCUT2D eigenvalue weighted by atomic mass is 16.3. The molecule has 0 aromatic heterocycles. The highest BCUT2D eigenvalue weighted by Gasteiger charge is 2.77. The fourth-order valence-electron chi connectivity index (χ4n) is 5.57. The van der Waals surface area contributed by atoms with Crippen molar-refractivity contribution in [1.29, 1.82) is 0 Å². The van der Waals surface area contributed by atoms with Gasteiger partial charge in [-0.2, -0.15) is 0 Å². The van der Waals surface area contributed by atoms with Crippen molar-refractivity contribution in [1.82, 2.24) is 0 Å². The van der Waals surface area contributed by atoms with Crippen molar-refractivity contribution in [2.24, 2.45) is 35.0 Å². The van der Waals surface area contributed by atoms with Crippen LogP contribution < -0.4 is 0 Å². The van der Waals surface area contributed by atoms with E-state index in [1.54, 1.807) is 0 Å². The van der Waals surface area contributed by atoms with Gasteiger partial charge in [0.05, 0.1) is 5.60 Å². The van der Waals surface area contributed by atoms with E-state index >= 15 is 0 Å². The Kier molecular flexibility index (Phi) is 2.11. The number of aliphatic hydroxyl groups is 1. The molecule has 1 heteroatoms. The first-order valence-corrected chi connectivity index (χ1v) is 7.13. The van der Waals surface area contributed by atoms with Crippen LogP contribution in [-0.2, 0) is 0 Å². The molecule has 0 bridgehead atoms. The summed E-state index contributed by atoms with van der Waals surface area (Å²) in [6.45, 7) is 9.27. The van der Waals surface area contributed by atoms with E-state index in [1.165, 1.54) is 19.3 Å². The molecule has 3 aliphatic rings. The van der Waals surface area contributed by atoms with E-state index in [2.05, 4.69) is 27.7 Å². The van der Waals surface area contributed by atoms with Gasteiger partial charge in [-0.15, -0.1) is 0 Å². The van der Waals surface area contributed by atoms with Crippen molar-refractivity contribution >= 4 is 0 Å². The fraction of sp³-hybridized carbons (Fsp3) is 1.00. The first kappa shape index (κ1) is 11.1. The predicted molar refractivity (Wildman–Crippen MR) is 66.0 cm³/mol. The molecular weight excluding hydrogens is 196 g/mol. The Balaban J connectivity index is 1.92. The van der Waals surface area contributed by atoms with Crippen LogP contribution in [0, 0.1) is 35.0 Å². The zero-order chi connectivity index (χ0) is 11.7. The van der Waals surface area contributed by atoms with E-state index in [0.717, 1.165) is 30.1 Å².